The van der Waals surface area contributed by atoms with E-state index in [-0.39, 0.29) is 17.2 Å². The van der Waals surface area contributed by atoms with E-state index in [0.717, 1.165) is 0 Å². The molecule has 3 rings (SSSR count). The Morgan fingerprint density at radius 3 is 2.46 bits per heavy atom. The van der Waals surface area contributed by atoms with Crippen molar-refractivity contribution in [3.05, 3.63) is 78.2 Å². The number of nitrogens with zero attached hydrogens (tertiary/aromatic N) is 2. The molecule has 0 atom stereocenters. The van der Waals surface area contributed by atoms with Crippen LogP contribution in [0.3, 0.4) is 0 Å². The minimum atomic E-state index is -0.703. The smallest absolute Gasteiger partial charge is 0.344 e. The number of benzene rings is 1. The zero-order valence-corrected chi connectivity index (χ0v) is 15.2. The van der Waals surface area contributed by atoms with Gasteiger partial charge in [0, 0.05) is 18.0 Å². The van der Waals surface area contributed by atoms with Crippen molar-refractivity contribution in [1.29, 1.82) is 0 Å². The van der Waals surface area contributed by atoms with Crippen LogP contribution in [0.5, 0.6) is 17.4 Å². The Labute approximate surface area is 161 Å². The number of ether oxygens (including phenoxy) is 3. The number of carbonyl (C=O) groups excluding carboxylic acids is 2. The molecule has 0 saturated heterocycles. The molecule has 0 bridgehead atoms. The first kappa shape index (κ1) is 19.0. The molecule has 0 aliphatic rings. The van der Waals surface area contributed by atoms with Crippen LogP contribution in [0, 0.1) is 0 Å². The van der Waals surface area contributed by atoms with E-state index >= 15 is 0 Å². The van der Waals surface area contributed by atoms with Crippen LogP contribution >= 0.6 is 0 Å². The molecular weight excluding hydrogens is 360 g/mol. The number of Topliss-reactive ketones (excluding diaryl/α,β-unsaturated/α-hetero) is 1. The van der Waals surface area contributed by atoms with E-state index in [1.165, 1.54) is 18.5 Å². The fourth-order valence-corrected chi connectivity index (χ4v) is 2.34. The Hall–Kier alpha value is -3.74. The van der Waals surface area contributed by atoms with Crippen molar-refractivity contribution in [3.63, 3.8) is 0 Å². The Morgan fingerprint density at radius 1 is 0.964 bits per heavy atom. The van der Waals surface area contributed by atoms with Crippen molar-refractivity contribution in [2.45, 2.75) is 6.92 Å². The van der Waals surface area contributed by atoms with Gasteiger partial charge in [0.2, 0.25) is 5.88 Å². The van der Waals surface area contributed by atoms with E-state index in [1.54, 1.807) is 48.7 Å². The summed E-state index contributed by atoms with van der Waals surface area (Å²) >= 11 is 0. The van der Waals surface area contributed by atoms with Gasteiger partial charge in [-0.3, -0.25) is 9.78 Å². The Bertz CT molecular complexity index is 943. The lowest BCUT2D eigenvalue weighted by Gasteiger charge is -2.09. The molecule has 2 aromatic heterocycles. The first-order valence-corrected chi connectivity index (χ1v) is 8.63. The van der Waals surface area contributed by atoms with Crippen molar-refractivity contribution in [2.24, 2.45) is 0 Å². The largest absolute Gasteiger partial charge is 0.494 e. The second kappa shape index (κ2) is 9.27. The molecule has 0 aliphatic carbocycles. The Balaban J connectivity index is 1.64. The van der Waals surface area contributed by atoms with Crippen LogP contribution in [0.4, 0.5) is 0 Å². The van der Waals surface area contributed by atoms with Crippen molar-refractivity contribution in [1.82, 2.24) is 9.97 Å². The number of carbonyl (C=O) groups is 2. The highest BCUT2D eigenvalue weighted by atomic mass is 16.5. The van der Waals surface area contributed by atoms with Crippen molar-refractivity contribution < 1.29 is 23.8 Å². The normalized spacial score (nSPS) is 10.2. The van der Waals surface area contributed by atoms with E-state index in [2.05, 4.69) is 9.97 Å². The molecule has 7 nitrogen and oxygen atoms in total. The Kier molecular flexibility index (Phi) is 6.30. The molecule has 0 spiro atoms. The molecule has 0 N–H and O–H groups in total. The highest BCUT2D eigenvalue weighted by Crippen LogP contribution is 2.22. The van der Waals surface area contributed by atoms with E-state index < -0.39 is 12.6 Å². The lowest BCUT2D eigenvalue weighted by atomic mass is 10.1. The maximum absolute atomic E-state index is 12.4. The summed E-state index contributed by atoms with van der Waals surface area (Å²) in [6.45, 7) is 2.02. The van der Waals surface area contributed by atoms with Crippen LogP contribution in [-0.4, -0.2) is 34.9 Å². The second-order valence-corrected chi connectivity index (χ2v) is 5.60. The molecule has 2 heterocycles. The predicted molar refractivity (Wildman–Crippen MR) is 101 cm³/mol. The summed E-state index contributed by atoms with van der Waals surface area (Å²) in [5.74, 6) is 0.152. The van der Waals surface area contributed by atoms with Crippen LogP contribution in [-0.2, 0) is 4.74 Å². The maximum atomic E-state index is 12.4. The number of hydrogen-bond acceptors (Lipinski definition) is 7. The van der Waals surface area contributed by atoms with Gasteiger partial charge in [-0.1, -0.05) is 0 Å². The average Bonchev–Trinajstić information content (AvgIpc) is 2.74. The van der Waals surface area contributed by atoms with Gasteiger partial charge in [0.05, 0.1) is 12.8 Å². The zero-order valence-electron chi connectivity index (χ0n) is 15.2. The third-order valence-electron chi connectivity index (χ3n) is 3.66. The third kappa shape index (κ3) is 4.91. The maximum Gasteiger partial charge on any atom is 0.344 e. The number of aromatic nitrogens is 2. The van der Waals surface area contributed by atoms with E-state index in [0.29, 0.717) is 23.7 Å². The molecule has 142 valence electrons. The fourth-order valence-electron chi connectivity index (χ4n) is 2.34. The number of esters is 1. The predicted octanol–water partition coefficient (Wildman–Crippen LogP) is 3.71. The van der Waals surface area contributed by atoms with Gasteiger partial charge in [-0.25, -0.2) is 9.78 Å². The number of ketones is 1. The van der Waals surface area contributed by atoms with Crippen molar-refractivity contribution in [2.75, 3.05) is 13.2 Å². The average molecular weight is 378 g/mol. The first-order chi connectivity index (χ1) is 13.7. The van der Waals surface area contributed by atoms with Gasteiger partial charge in [0.15, 0.2) is 12.4 Å². The molecule has 0 amide bonds. The molecule has 0 fully saturated rings. The summed E-state index contributed by atoms with van der Waals surface area (Å²) in [7, 11) is 0. The van der Waals surface area contributed by atoms with Crippen LogP contribution < -0.4 is 9.47 Å². The molecule has 28 heavy (non-hydrogen) atoms. The van der Waals surface area contributed by atoms with Gasteiger partial charge in [-0.15, -0.1) is 0 Å². The highest BCUT2D eigenvalue weighted by molar-refractivity contribution is 5.99. The third-order valence-corrected chi connectivity index (χ3v) is 3.66. The van der Waals surface area contributed by atoms with Crippen LogP contribution in [0.1, 0.15) is 27.6 Å². The van der Waals surface area contributed by atoms with E-state index in [1.807, 2.05) is 6.92 Å². The lowest BCUT2D eigenvalue weighted by Crippen LogP contribution is -2.15. The minimum Gasteiger partial charge on any atom is -0.494 e. The molecule has 0 aliphatic heterocycles. The number of pyridine rings is 2. The quantitative estimate of drug-likeness (QED) is 0.436. The molecule has 1 aromatic carbocycles. The SMILES string of the molecule is CCOc1ccc(C(=O)COC(=O)c2cccnc2Oc2cccnc2)cc1. The van der Waals surface area contributed by atoms with Gasteiger partial charge in [0.25, 0.3) is 0 Å². The summed E-state index contributed by atoms with van der Waals surface area (Å²) in [5, 5.41) is 0. The number of hydrogen-bond donors (Lipinski definition) is 0. The van der Waals surface area contributed by atoms with Crippen LogP contribution in [0.2, 0.25) is 0 Å². The molecule has 3 aromatic rings. The lowest BCUT2D eigenvalue weighted by molar-refractivity contribution is 0.0471. The molecule has 0 radical (unpaired) electrons. The summed E-state index contributed by atoms with van der Waals surface area (Å²) < 4.78 is 16.1. The standard InChI is InChI=1S/C21H18N2O5/c1-2-26-16-9-7-15(8-10-16)19(24)14-27-21(25)18-6-4-12-23-20(18)28-17-5-3-11-22-13-17/h3-13H,2,14H2,1H3. The second-order valence-electron chi connectivity index (χ2n) is 5.60. The highest BCUT2D eigenvalue weighted by Gasteiger charge is 2.18. The molecule has 7 heteroatoms. The minimum absolute atomic E-state index is 0.0778. The molecule has 0 saturated carbocycles. The van der Waals surface area contributed by atoms with Gasteiger partial charge >= 0.3 is 5.97 Å². The summed E-state index contributed by atoms with van der Waals surface area (Å²) in [4.78, 5) is 32.7. The van der Waals surface area contributed by atoms with Gasteiger partial charge in [-0.05, 0) is 55.5 Å². The fraction of sp³-hybridized carbons (Fsp3) is 0.143. The van der Waals surface area contributed by atoms with Gasteiger partial charge < -0.3 is 14.2 Å². The molecule has 0 unspecified atom stereocenters. The monoisotopic (exact) mass is 378 g/mol. The Morgan fingerprint density at radius 2 is 1.75 bits per heavy atom. The topological polar surface area (TPSA) is 87.6 Å². The van der Waals surface area contributed by atoms with E-state index in [4.69, 9.17) is 14.2 Å². The van der Waals surface area contributed by atoms with Crippen LogP contribution in [0.25, 0.3) is 0 Å². The van der Waals surface area contributed by atoms with Crippen LogP contribution in [0.15, 0.2) is 67.1 Å². The molecular formula is C21H18N2O5. The zero-order chi connectivity index (χ0) is 19.8. The number of rotatable bonds is 8. The summed E-state index contributed by atoms with van der Waals surface area (Å²) in [5.41, 5.74) is 0.542. The van der Waals surface area contributed by atoms with E-state index in [9.17, 15) is 9.59 Å². The van der Waals surface area contributed by atoms with Crippen molar-refractivity contribution in [3.8, 4) is 17.4 Å². The van der Waals surface area contributed by atoms with Crippen molar-refractivity contribution >= 4 is 11.8 Å². The summed E-state index contributed by atoms with van der Waals surface area (Å²) in [6, 6.07) is 13.1. The van der Waals surface area contributed by atoms with Gasteiger partial charge in [-0.2, -0.15) is 0 Å². The van der Waals surface area contributed by atoms with Gasteiger partial charge in [0.1, 0.15) is 17.1 Å². The first-order valence-electron chi connectivity index (χ1n) is 8.63. The summed E-state index contributed by atoms with van der Waals surface area (Å²) in [6.07, 6.45) is 4.60.